The third-order valence-electron chi connectivity index (χ3n) is 7.22. The number of anilines is 2. The van der Waals surface area contributed by atoms with Crippen molar-refractivity contribution >= 4 is 45.8 Å². The second-order valence-electron chi connectivity index (χ2n) is 12.1. The van der Waals surface area contributed by atoms with Crippen molar-refractivity contribution in [2.75, 3.05) is 37.8 Å². The van der Waals surface area contributed by atoms with Crippen molar-refractivity contribution in [3.05, 3.63) is 64.3 Å². The smallest absolute Gasteiger partial charge is 0.324 e. The zero-order chi connectivity index (χ0) is 31.0. The third-order valence-corrected chi connectivity index (χ3v) is 8.70. The first-order valence-electron chi connectivity index (χ1n) is 13.7. The Morgan fingerprint density at radius 1 is 1.07 bits per heavy atom. The van der Waals surface area contributed by atoms with E-state index in [9.17, 15) is 19.2 Å². The van der Waals surface area contributed by atoms with E-state index in [1.165, 1.54) is 16.2 Å². The predicted octanol–water partition coefficient (Wildman–Crippen LogP) is 5.11. The molecule has 0 atom stereocenters. The molecule has 42 heavy (non-hydrogen) atoms. The first-order chi connectivity index (χ1) is 19.6. The van der Waals surface area contributed by atoms with Crippen LogP contribution in [0.3, 0.4) is 0 Å². The Kier molecular flexibility index (Phi) is 8.45. The Hall–Kier alpha value is -4.25. The molecule has 5 amide bonds. The number of thiophene rings is 1. The normalized spacial score (nSPS) is 14.7. The van der Waals surface area contributed by atoms with Gasteiger partial charge in [-0.2, -0.15) is 0 Å². The summed E-state index contributed by atoms with van der Waals surface area (Å²) in [5, 5.41) is 8.99. The third kappa shape index (κ3) is 6.30. The van der Waals surface area contributed by atoms with Gasteiger partial charge in [-0.15, -0.1) is 11.3 Å². The maximum absolute atomic E-state index is 13.8. The van der Waals surface area contributed by atoms with Crippen LogP contribution in [0.15, 0.2) is 42.6 Å². The largest absolute Gasteiger partial charge is 0.352 e. The number of urea groups is 1. The van der Waals surface area contributed by atoms with Crippen LogP contribution in [-0.2, 0) is 10.2 Å². The van der Waals surface area contributed by atoms with E-state index in [-0.39, 0.29) is 23.1 Å². The lowest BCUT2D eigenvalue weighted by Gasteiger charge is -2.41. The summed E-state index contributed by atoms with van der Waals surface area (Å²) in [5.41, 5.74) is 2.61. The van der Waals surface area contributed by atoms with E-state index in [2.05, 4.69) is 20.9 Å². The Balaban J connectivity index is 1.58. The number of nitrogens with one attached hydrogen (secondary N) is 3. The molecule has 11 heteroatoms. The van der Waals surface area contributed by atoms with Crippen molar-refractivity contribution in [3.8, 4) is 11.1 Å². The van der Waals surface area contributed by atoms with Crippen LogP contribution >= 0.6 is 11.3 Å². The number of carbonyl (C=O) groups excluding carboxylic acids is 4. The number of nitrogens with zero attached hydrogens (tertiary/aromatic N) is 3. The number of aromatic nitrogens is 1. The van der Waals surface area contributed by atoms with Crippen LogP contribution < -0.4 is 16.0 Å². The van der Waals surface area contributed by atoms with Gasteiger partial charge in [-0.3, -0.25) is 24.7 Å². The van der Waals surface area contributed by atoms with Crippen LogP contribution in [-0.4, -0.2) is 71.3 Å². The zero-order valence-corrected chi connectivity index (χ0v) is 26.2. The minimum Gasteiger partial charge on any atom is -0.352 e. The van der Waals surface area contributed by atoms with E-state index in [1.54, 1.807) is 51.2 Å². The molecule has 1 aromatic carbocycles. The number of amides is 5. The van der Waals surface area contributed by atoms with Gasteiger partial charge in [0.2, 0.25) is 5.91 Å². The standard InChI is InChI=1S/C31H38N6O4S/c1-18-9-11-20(15-21(18)19-10-12-23(33-17-19)27(39)36(7)8)34-29(41)35-25-22(16-24(42-25)30(2,3)4)26(38)37-14-13-32-28(40)31(37,5)6/h9-12,15-17H,13-14H2,1-8H3,(H,32,40)(H2,34,35,41). The number of hydrogen-bond acceptors (Lipinski definition) is 6. The Morgan fingerprint density at radius 3 is 2.40 bits per heavy atom. The number of piperazine rings is 1. The maximum Gasteiger partial charge on any atom is 0.324 e. The van der Waals surface area contributed by atoms with E-state index in [4.69, 9.17) is 0 Å². The Bertz CT molecular complexity index is 1540. The summed E-state index contributed by atoms with van der Waals surface area (Å²) in [7, 11) is 3.35. The lowest BCUT2D eigenvalue weighted by atomic mass is 9.93. The van der Waals surface area contributed by atoms with Gasteiger partial charge in [0.25, 0.3) is 11.8 Å². The van der Waals surface area contributed by atoms with E-state index >= 15 is 0 Å². The molecule has 0 bridgehead atoms. The number of carbonyl (C=O) groups is 4. The zero-order valence-electron chi connectivity index (χ0n) is 25.3. The van der Waals surface area contributed by atoms with E-state index in [0.717, 1.165) is 21.6 Å². The maximum atomic E-state index is 13.8. The van der Waals surface area contributed by atoms with Gasteiger partial charge < -0.3 is 20.4 Å². The highest BCUT2D eigenvalue weighted by atomic mass is 32.1. The Morgan fingerprint density at radius 2 is 1.79 bits per heavy atom. The first-order valence-corrected chi connectivity index (χ1v) is 14.5. The lowest BCUT2D eigenvalue weighted by molar-refractivity contribution is -0.133. The fraction of sp³-hybridized carbons (Fsp3) is 0.387. The summed E-state index contributed by atoms with van der Waals surface area (Å²) in [4.78, 5) is 60.0. The summed E-state index contributed by atoms with van der Waals surface area (Å²) in [5.74, 6) is -0.707. The molecule has 3 aromatic rings. The molecule has 0 aliphatic carbocycles. The molecule has 0 saturated carbocycles. The summed E-state index contributed by atoms with van der Waals surface area (Å²) in [6.07, 6.45) is 1.64. The van der Waals surface area contributed by atoms with Crippen LogP contribution in [0.2, 0.25) is 0 Å². The average molecular weight is 591 g/mol. The molecule has 0 radical (unpaired) electrons. The van der Waals surface area contributed by atoms with Gasteiger partial charge in [0, 0.05) is 49.5 Å². The molecule has 10 nitrogen and oxygen atoms in total. The van der Waals surface area contributed by atoms with Crippen LogP contribution in [0.1, 0.15) is 65.9 Å². The molecule has 1 aliphatic rings. The van der Waals surface area contributed by atoms with E-state index < -0.39 is 11.6 Å². The van der Waals surface area contributed by atoms with Gasteiger partial charge in [-0.1, -0.05) is 32.9 Å². The molecule has 1 aliphatic heterocycles. The Labute approximate surface area is 250 Å². The molecule has 3 N–H and O–H groups in total. The molecule has 1 fully saturated rings. The second kappa shape index (κ2) is 11.6. The summed E-state index contributed by atoms with van der Waals surface area (Å²) in [6, 6.07) is 10.4. The van der Waals surface area contributed by atoms with Crippen LogP contribution in [0, 0.1) is 6.92 Å². The number of aryl methyl sites for hydroxylation is 1. The van der Waals surface area contributed by atoms with Crippen LogP contribution in [0.25, 0.3) is 11.1 Å². The SMILES string of the molecule is Cc1ccc(NC(=O)Nc2sc(C(C)(C)C)cc2C(=O)N2CCNC(=O)C2(C)C)cc1-c1ccc(C(=O)N(C)C)nc1. The van der Waals surface area contributed by atoms with Crippen molar-refractivity contribution in [3.63, 3.8) is 0 Å². The monoisotopic (exact) mass is 590 g/mol. The molecular formula is C31H38N6O4S. The highest BCUT2D eigenvalue weighted by molar-refractivity contribution is 7.16. The van der Waals surface area contributed by atoms with Crippen molar-refractivity contribution in [1.29, 1.82) is 0 Å². The topological polar surface area (TPSA) is 124 Å². The molecule has 3 heterocycles. The average Bonchev–Trinajstić information content (AvgIpc) is 3.35. The van der Waals surface area contributed by atoms with Crippen molar-refractivity contribution in [1.82, 2.24) is 20.1 Å². The van der Waals surface area contributed by atoms with Crippen molar-refractivity contribution in [2.45, 2.75) is 52.5 Å². The number of benzene rings is 1. The van der Waals surface area contributed by atoms with E-state index in [1.807, 2.05) is 52.0 Å². The second-order valence-corrected chi connectivity index (χ2v) is 13.2. The molecule has 4 rings (SSSR count). The molecule has 0 unspecified atom stereocenters. The van der Waals surface area contributed by atoms with Gasteiger partial charge in [-0.05, 0) is 61.6 Å². The van der Waals surface area contributed by atoms with Gasteiger partial charge >= 0.3 is 6.03 Å². The fourth-order valence-corrected chi connectivity index (χ4v) is 5.70. The van der Waals surface area contributed by atoms with Crippen LogP contribution in [0.5, 0.6) is 0 Å². The molecule has 222 valence electrons. The minimum atomic E-state index is -1.02. The van der Waals surface area contributed by atoms with Gasteiger partial charge in [0.15, 0.2) is 0 Å². The molecule has 2 aromatic heterocycles. The quantitative estimate of drug-likeness (QED) is 0.381. The summed E-state index contributed by atoms with van der Waals surface area (Å²) in [6.45, 7) is 12.3. The molecule has 1 saturated heterocycles. The first kappa shape index (κ1) is 30.7. The number of hydrogen-bond donors (Lipinski definition) is 3. The van der Waals surface area contributed by atoms with Crippen molar-refractivity contribution in [2.24, 2.45) is 0 Å². The summed E-state index contributed by atoms with van der Waals surface area (Å²) >= 11 is 1.35. The fourth-order valence-electron chi connectivity index (χ4n) is 4.60. The molecule has 0 spiro atoms. The highest BCUT2D eigenvalue weighted by Crippen LogP contribution is 2.38. The lowest BCUT2D eigenvalue weighted by Crippen LogP contribution is -2.63. The number of pyridine rings is 1. The summed E-state index contributed by atoms with van der Waals surface area (Å²) < 4.78 is 0. The molecular weight excluding hydrogens is 552 g/mol. The minimum absolute atomic E-state index is 0.182. The van der Waals surface area contributed by atoms with E-state index in [0.29, 0.717) is 35.0 Å². The van der Waals surface area contributed by atoms with Gasteiger partial charge in [0.1, 0.15) is 16.2 Å². The van der Waals surface area contributed by atoms with Crippen LogP contribution in [0.4, 0.5) is 15.5 Å². The van der Waals surface area contributed by atoms with Gasteiger partial charge in [0.05, 0.1) is 5.56 Å². The predicted molar refractivity (Wildman–Crippen MR) is 166 cm³/mol. The highest BCUT2D eigenvalue weighted by Gasteiger charge is 2.42. The van der Waals surface area contributed by atoms with Crippen molar-refractivity contribution < 1.29 is 19.2 Å². The van der Waals surface area contributed by atoms with Gasteiger partial charge in [-0.25, -0.2) is 4.79 Å². The number of rotatable bonds is 5.